The lowest BCUT2D eigenvalue weighted by atomic mass is 9.48. The third-order valence-electron chi connectivity index (χ3n) is 5.57. The lowest BCUT2D eigenvalue weighted by Crippen LogP contribution is -2.46. The average Bonchev–Trinajstić information content (AvgIpc) is 2.11. The first kappa shape index (κ1) is 11.1. The molecule has 0 heteroatoms. The molecule has 0 aromatic carbocycles. The zero-order valence-corrected chi connectivity index (χ0v) is 11.4. The second-order valence-electron chi connectivity index (χ2n) is 8.48. The van der Waals surface area contributed by atoms with Crippen LogP contribution in [-0.2, 0) is 0 Å². The van der Waals surface area contributed by atoms with Crippen LogP contribution in [0.3, 0.4) is 0 Å². The van der Waals surface area contributed by atoms with Gasteiger partial charge in [0.05, 0.1) is 0 Å². The summed E-state index contributed by atoms with van der Waals surface area (Å²) < 4.78 is 0. The zero-order valence-electron chi connectivity index (χ0n) is 11.4. The van der Waals surface area contributed by atoms with Gasteiger partial charge < -0.3 is 0 Å². The third kappa shape index (κ3) is 2.05. The van der Waals surface area contributed by atoms with Crippen molar-refractivity contribution in [1.29, 1.82) is 0 Å². The van der Waals surface area contributed by atoms with Crippen LogP contribution in [0.25, 0.3) is 0 Å². The lowest BCUT2D eigenvalue weighted by molar-refractivity contribution is -0.0617. The van der Waals surface area contributed by atoms with Crippen LogP contribution in [0.2, 0.25) is 0 Å². The van der Waals surface area contributed by atoms with E-state index in [1.54, 1.807) is 38.5 Å². The molecule has 0 N–H and O–H groups in total. The van der Waals surface area contributed by atoms with Crippen molar-refractivity contribution in [3.63, 3.8) is 0 Å². The molecule has 4 aliphatic rings. The molecule has 4 bridgehead atoms. The summed E-state index contributed by atoms with van der Waals surface area (Å²) >= 11 is 0. The molecule has 92 valence electrons. The first-order chi connectivity index (χ1) is 7.44. The van der Waals surface area contributed by atoms with Crippen molar-refractivity contribution in [2.75, 3.05) is 0 Å². The standard InChI is InChI=1S/C16H28/c1-15(2,3)4-5-16-9-12-6-13(10-16)8-14(7-12)11-16/h12-14H,4-11H2,1-3H3. The Kier molecular flexibility index (Phi) is 2.43. The van der Waals surface area contributed by atoms with Crippen LogP contribution >= 0.6 is 0 Å². The van der Waals surface area contributed by atoms with E-state index in [9.17, 15) is 0 Å². The van der Waals surface area contributed by atoms with Crippen LogP contribution in [-0.4, -0.2) is 0 Å². The normalized spacial score (nSPS) is 46.3. The van der Waals surface area contributed by atoms with Gasteiger partial charge in [-0.25, -0.2) is 0 Å². The molecule has 0 amide bonds. The maximum absolute atomic E-state index is 2.41. The average molecular weight is 220 g/mol. The van der Waals surface area contributed by atoms with Gasteiger partial charge in [0.2, 0.25) is 0 Å². The minimum absolute atomic E-state index is 0.545. The summed E-state index contributed by atoms with van der Waals surface area (Å²) in [6, 6.07) is 0. The van der Waals surface area contributed by atoms with E-state index in [1.165, 1.54) is 12.8 Å². The lowest BCUT2D eigenvalue weighted by Gasteiger charge is -2.57. The van der Waals surface area contributed by atoms with E-state index in [0.29, 0.717) is 5.41 Å². The van der Waals surface area contributed by atoms with Gasteiger partial charge in [-0.1, -0.05) is 20.8 Å². The van der Waals surface area contributed by atoms with Crippen molar-refractivity contribution in [2.45, 2.75) is 72.1 Å². The Morgan fingerprint density at radius 2 is 1.31 bits per heavy atom. The maximum atomic E-state index is 2.41. The van der Waals surface area contributed by atoms with Gasteiger partial charge in [0.15, 0.2) is 0 Å². The predicted octanol–water partition coefficient (Wildman–Crippen LogP) is 5.03. The van der Waals surface area contributed by atoms with Crippen LogP contribution in [0.1, 0.15) is 72.1 Å². The molecule has 0 aromatic rings. The van der Waals surface area contributed by atoms with Crippen molar-refractivity contribution < 1.29 is 0 Å². The number of hydrogen-bond donors (Lipinski definition) is 0. The molecule has 4 aliphatic carbocycles. The summed E-state index contributed by atoms with van der Waals surface area (Å²) in [5.74, 6) is 3.39. The Labute approximate surface area is 101 Å². The molecule has 0 heterocycles. The van der Waals surface area contributed by atoms with Gasteiger partial charge in [-0.2, -0.15) is 0 Å². The van der Waals surface area contributed by atoms with E-state index in [0.717, 1.165) is 23.2 Å². The van der Waals surface area contributed by atoms with Crippen LogP contribution in [0.15, 0.2) is 0 Å². The molecule has 4 rings (SSSR count). The monoisotopic (exact) mass is 220 g/mol. The molecule has 4 fully saturated rings. The first-order valence-electron chi connectivity index (χ1n) is 7.44. The summed E-state index contributed by atoms with van der Waals surface area (Å²) in [5.41, 5.74) is 1.35. The highest BCUT2D eigenvalue weighted by Gasteiger charge is 2.50. The van der Waals surface area contributed by atoms with Gasteiger partial charge in [-0.15, -0.1) is 0 Å². The highest BCUT2D eigenvalue weighted by atomic mass is 14.6. The van der Waals surface area contributed by atoms with Gasteiger partial charge in [0, 0.05) is 0 Å². The summed E-state index contributed by atoms with van der Waals surface area (Å²) in [6.45, 7) is 7.23. The maximum Gasteiger partial charge on any atom is -0.0289 e. The Hall–Kier alpha value is 0. The van der Waals surface area contributed by atoms with Crippen LogP contribution in [0.4, 0.5) is 0 Å². The van der Waals surface area contributed by atoms with E-state index < -0.39 is 0 Å². The molecule has 0 aromatic heterocycles. The molecule has 0 radical (unpaired) electrons. The topological polar surface area (TPSA) is 0 Å². The Bertz CT molecular complexity index is 233. The fraction of sp³-hybridized carbons (Fsp3) is 1.00. The van der Waals surface area contributed by atoms with Crippen molar-refractivity contribution in [2.24, 2.45) is 28.6 Å². The summed E-state index contributed by atoms with van der Waals surface area (Å²) in [5, 5.41) is 0. The Morgan fingerprint density at radius 3 is 1.69 bits per heavy atom. The van der Waals surface area contributed by atoms with Crippen LogP contribution < -0.4 is 0 Å². The molecule has 0 saturated heterocycles. The molecular formula is C16H28. The summed E-state index contributed by atoms with van der Waals surface area (Å²) in [6.07, 6.45) is 12.5. The Morgan fingerprint density at radius 1 is 0.875 bits per heavy atom. The van der Waals surface area contributed by atoms with Gasteiger partial charge in [0.1, 0.15) is 0 Å². The minimum atomic E-state index is 0.545. The van der Waals surface area contributed by atoms with Crippen molar-refractivity contribution in [3.05, 3.63) is 0 Å². The zero-order chi connectivity index (χ0) is 11.4. The highest BCUT2D eigenvalue weighted by molar-refractivity contribution is 5.01. The molecule has 0 spiro atoms. The summed E-state index contributed by atoms with van der Waals surface area (Å²) in [4.78, 5) is 0. The largest absolute Gasteiger partial charge is 0.0602 e. The van der Waals surface area contributed by atoms with Gasteiger partial charge in [-0.05, 0) is 80.0 Å². The molecular weight excluding hydrogens is 192 g/mol. The molecule has 0 nitrogen and oxygen atoms in total. The van der Waals surface area contributed by atoms with E-state index >= 15 is 0 Å². The smallest absolute Gasteiger partial charge is 0.0289 e. The fourth-order valence-corrected chi connectivity index (χ4v) is 5.24. The number of rotatable bonds is 2. The fourth-order valence-electron chi connectivity index (χ4n) is 5.24. The minimum Gasteiger partial charge on any atom is -0.0602 e. The first-order valence-corrected chi connectivity index (χ1v) is 7.44. The molecule has 16 heavy (non-hydrogen) atoms. The van der Waals surface area contributed by atoms with Gasteiger partial charge in [0.25, 0.3) is 0 Å². The Balaban J connectivity index is 1.69. The quantitative estimate of drug-likeness (QED) is 0.612. The van der Waals surface area contributed by atoms with E-state index in [2.05, 4.69) is 20.8 Å². The van der Waals surface area contributed by atoms with E-state index in [1.807, 2.05) is 0 Å². The van der Waals surface area contributed by atoms with Crippen molar-refractivity contribution >= 4 is 0 Å². The molecule has 0 unspecified atom stereocenters. The van der Waals surface area contributed by atoms with E-state index in [-0.39, 0.29) is 0 Å². The van der Waals surface area contributed by atoms with E-state index in [4.69, 9.17) is 0 Å². The second-order valence-corrected chi connectivity index (χ2v) is 8.48. The number of hydrogen-bond acceptors (Lipinski definition) is 0. The van der Waals surface area contributed by atoms with Gasteiger partial charge in [-0.3, -0.25) is 0 Å². The molecule has 0 atom stereocenters. The SMILES string of the molecule is CC(C)(C)CCC12CC3CC(CC(C3)C1)C2. The predicted molar refractivity (Wildman–Crippen MR) is 69.3 cm³/mol. The second kappa shape index (κ2) is 3.50. The van der Waals surface area contributed by atoms with Crippen molar-refractivity contribution in [1.82, 2.24) is 0 Å². The molecule has 0 aliphatic heterocycles. The van der Waals surface area contributed by atoms with Crippen molar-refractivity contribution in [3.8, 4) is 0 Å². The third-order valence-corrected chi connectivity index (χ3v) is 5.57. The highest BCUT2D eigenvalue weighted by Crippen LogP contribution is 2.62. The van der Waals surface area contributed by atoms with Crippen LogP contribution in [0, 0.1) is 28.6 Å². The van der Waals surface area contributed by atoms with Crippen LogP contribution in [0.5, 0.6) is 0 Å². The summed E-state index contributed by atoms with van der Waals surface area (Å²) in [7, 11) is 0. The van der Waals surface area contributed by atoms with Gasteiger partial charge >= 0.3 is 0 Å². The molecule has 4 saturated carbocycles.